The normalized spacial score (nSPS) is 12.8. The molecule has 274 valence electrons. The lowest BCUT2D eigenvalue weighted by Crippen LogP contribution is -2.14. The van der Waals surface area contributed by atoms with Crippen LogP contribution in [0.25, 0.3) is 95.0 Å². The summed E-state index contributed by atoms with van der Waals surface area (Å²) in [5.41, 5.74) is 16.1. The molecule has 2 heterocycles. The molecule has 2 aromatic heterocycles. The Balaban J connectivity index is 1.14. The van der Waals surface area contributed by atoms with Gasteiger partial charge in [0.25, 0.3) is 0 Å². The number of nitrogens with zero attached hydrogens (tertiary/aromatic N) is 4. The molecule has 4 heteroatoms. The zero-order valence-corrected chi connectivity index (χ0v) is 32.3. The quantitative estimate of drug-likeness (QED) is 0.170. The summed E-state index contributed by atoms with van der Waals surface area (Å²) in [5.74, 6) is 1.90. The van der Waals surface area contributed by atoms with E-state index in [0.29, 0.717) is 17.5 Å². The molecule has 0 amide bonds. The molecule has 0 bridgehead atoms. The zero-order valence-electron chi connectivity index (χ0n) is 32.3. The van der Waals surface area contributed by atoms with Crippen LogP contribution in [0.2, 0.25) is 0 Å². The third kappa shape index (κ3) is 5.48. The van der Waals surface area contributed by atoms with E-state index in [1.54, 1.807) is 0 Å². The largest absolute Gasteiger partial charge is 0.309 e. The van der Waals surface area contributed by atoms with Crippen LogP contribution in [0.15, 0.2) is 194 Å². The standard InChI is InChI=1S/C54H38N4/c1-54(2)45-22-13-12-21-43(45)50-46(54)23-14-24-48(50)58-47-32-30-40(36-17-8-4-9-18-36)33-44(47)42-31-29-41(34-49(42)58)53-56-51(38-19-10-5-11-20-38)55-52(57-53)39-27-25-37(26-28-39)35-15-6-3-7-16-35/h3-34H,1-2H3. The van der Waals surface area contributed by atoms with Gasteiger partial charge < -0.3 is 4.57 Å². The van der Waals surface area contributed by atoms with Gasteiger partial charge in [0.05, 0.1) is 16.7 Å². The van der Waals surface area contributed by atoms with Gasteiger partial charge >= 0.3 is 0 Å². The van der Waals surface area contributed by atoms with Gasteiger partial charge in [0.15, 0.2) is 17.5 Å². The van der Waals surface area contributed by atoms with Gasteiger partial charge in [0.2, 0.25) is 0 Å². The van der Waals surface area contributed by atoms with E-state index >= 15 is 0 Å². The van der Waals surface area contributed by atoms with Gasteiger partial charge in [-0.2, -0.15) is 0 Å². The minimum atomic E-state index is -0.124. The molecule has 0 fully saturated rings. The molecule has 4 nitrogen and oxygen atoms in total. The van der Waals surface area contributed by atoms with Crippen molar-refractivity contribution in [3.8, 4) is 73.2 Å². The van der Waals surface area contributed by atoms with Crippen LogP contribution in [0.1, 0.15) is 25.0 Å². The van der Waals surface area contributed by atoms with Crippen LogP contribution in [0.4, 0.5) is 0 Å². The Morgan fingerprint density at radius 1 is 0.362 bits per heavy atom. The summed E-state index contributed by atoms with van der Waals surface area (Å²) in [5, 5.41) is 2.37. The fraction of sp³-hybridized carbons (Fsp3) is 0.0556. The number of rotatable bonds is 6. The highest BCUT2D eigenvalue weighted by molar-refractivity contribution is 6.12. The van der Waals surface area contributed by atoms with Gasteiger partial charge in [-0.3, -0.25) is 0 Å². The van der Waals surface area contributed by atoms with Crippen molar-refractivity contribution in [3.63, 3.8) is 0 Å². The first-order chi connectivity index (χ1) is 28.5. The fourth-order valence-corrected chi connectivity index (χ4v) is 8.94. The number of hydrogen-bond acceptors (Lipinski definition) is 3. The molecule has 0 saturated carbocycles. The Hall–Kier alpha value is -7.43. The molecule has 10 aromatic rings. The Morgan fingerprint density at radius 2 is 0.862 bits per heavy atom. The number of aromatic nitrogens is 4. The van der Waals surface area contributed by atoms with Crippen LogP contribution in [0.3, 0.4) is 0 Å². The van der Waals surface area contributed by atoms with E-state index in [1.807, 2.05) is 24.3 Å². The van der Waals surface area contributed by atoms with Crippen molar-refractivity contribution in [2.24, 2.45) is 0 Å². The molecule has 0 unspecified atom stereocenters. The van der Waals surface area contributed by atoms with Gasteiger partial charge in [-0.25, -0.2) is 15.0 Å². The number of benzene rings is 8. The summed E-state index contributed by atoms with van der Waals surface area (Å²) in [7, 11) is 0. The summed E-state index contributed by atoms with van der Waals surface area (Å²) >= 11 is 0. The van der Waals surface area contributed by atoms with Crippen molar-refractivity contribution < 1.29 is 0 Å². The minimum absolute atomic E-state index is 0.124. The summed E-state index contributed by atoms with van der Waals surface area (Å²) in [6.07, 6.45) is 0. The highest BCUT2D eigenvalue weighted by Crippen LogP contribution is 2.52. The van der Waals surface area contributed by atoms with Crippen molar-refractivity contribution in [2.45, 2.75) is 19.3 Å². The third-order valence-electron chi connectivity index (χ3n) is 11.9. The average molecular weight is 743 g/mol. The Kier molecular flexibility index (Phi) is 7.80. The Morgan fingerprint density at radius 3 is 1.55 bits per heavy atom. The second kappa shape index (κ2) is 13.4. The molecular weight excluding hydrogens is 705 g/mol. The van der Waals surface area contributed by atoms with Gasteiger partial charge in [0.1, 0.15) is 0 Å². The van der Waals surface area contributed by atoms with E-state index in [0.717, 1.165) is 33.3 Å². The molecule has 0 atom stereocenters. The molecule has 58 heavy (non-hydrogen) atoms. The molecule has 1 aliphatic rings. The topological polar surface area (TPSA) is 43.6 Å². The highest BCUT2D eigenvalue weighted by atomic mass is 15.0. The fourth-order valence-electron chi connectivity index (χ4n) is 8.94. The maximum absolute atomic E-state index is 5.19. The number of fused-ring (bicyclic) bond motifs is 6. The summed E-state index contributed by atoms with van der Waals surface area (Å²) in [6.45, 7) is 4.69. The molecule has 0 radical (unpaired) electrons. The lowest BCUT2D eigenvalue weighted by Gasteiger charge is -2.22. The lowest BCUT2D eigenvalue weighted by molar-refractivity contribution is 0.660. The Bertz CT molecular complexity index is 3160. The monoisotopic (exact) mass is 742 g/mol. The smallest absolute Gasteiger partial charge is 0.164 e. The first kappa shape index (κ1) is 33.9. The predicted octanol–water partition coefficient (Wildman–Crippen LogP) is 13.6. The highest BCUT2D eigenvalue weighted by Gasteiger charge is 2.37. The summed E-state index contributed by atoms with van der Waals surface area (Å²) in [6, 6.07) is 69.0. The van der Waals surface area contributed by atoms with E-state index < -0.39 is 0 Å². The Labute approximate surface area is 337 Å². The van der Waals surface area contributed by atoms with Crippen molar-refractivity contribution >= 4 is 21.8 Å². The molecular formula is C54H38N4. The van der Waals surface area contributed by atoms with Gasteiger partial charge in [-0.1, -0.05) is 184 Å². The van der Waals surface area contributed by atoms with E-state index in [1.165, 1.54) is 55.4 Å². The molecule has 11 rings (SSSR count). The van der Waals surface area contributed by atoms with Gasteiger partial charge in [-0.05, 0) is 63.2 Å². The summed E-state index contributed by atoms with van der Waals surface area (Å²) in [4.78, 5) is 15.4. The van der Waals surface area contributed by atoms with Crippen LogP contribution in [0, 0.1) is 0 Å². The van der Waals surface area contributed by atoms with Crippen molar-refractivity contribution in [3.05, 3.63) is 205 Å². The average Bonchev–Trinajstić information content (AvgIpc) is 3.74. The maximum Gasteiger partial charge on any atom is 0.164 e. The van der Waals surface area contributed by atoms with Crippen molar-refractivity contribution in [2.75, 3.05) is 0 Å². The zero-order chi connectivity index (χ0) is 38.8. The predicted molar refractivity (Wildman–Crippen MR) is 239 cm³/mol. The third-order valence-corrected chi connectivity index (χ3v) is 11.9. The van der Waals surface area contributed by atoms with Crippen LogP contribution in [-0.4, -0.2) is 19.5 Å². The molecule has 8 aromatic carbocycles. The lowest BCUT2D eigenvalue weighted by atomic mass is 9.82. The molecule has 0 saturated heterocycles. The van der Waals surface area contributed by atoms with E-state index in [4.69, 9.17) is 15.0 Å². The van der Waals surface area contributed by atoms with Gasteiger partial charge in [-0.15, -0.1) is 0 Å². The first-order valence-electron chi connectivity index (χ1n) is 19.9. The SMILES string of the molecule is CC1(C)c2ccccc2-c2c(-n3c4ccc(-c5ccccc5)cc4c4ccc(-c5nc(-c6ccccc6)nc(-c6ccc(-c7ccccc7)cc6)n5)cc43)cccc21. The molecule has 0 spiro atoms. The van der Waals surface area contributed by atoms with Crippen LogP contribution in [-0.2, 0) is 5.41 Å². The van der Waals surface area contributed by atoms with E-state index in [-0.39, 0.29) is 5.41 Å². The second-order valence-electron chi connectivity index (χ2n) is 15.7. The van der Waals surface area contributed by atoms with Crippen molar-refractivity contribution in [1.82, 2.24) is 19.5 Å². The molecule has 0 N–H and O–H groups in total. The minimum Gasteiger partial charge on any atom is -0.309 e. The first-order valence-corrected chi connectivity index (χ1v) is 19.9. The van der Waals surface area contributed by atoms with Gasteiger partial charge in [0, 0.05) is 38.4 Å². The van der Waals surface area contributed by atoms with Crippen LogP contribution < -0.4 is 0 Å². The number of hydrogen-bond donors (Lipinski definition) is 0. The van der Waals surface area contributed by atoms with Crippen LogP contribution >= 0.6 is 0 Å². The maximum atomic E-state index is 5.19. The van der Waals surface area contributed by atoms with Crippen LogP contribution in [0.5, 0.6) is 0 Å². The summed E-state index contributed by atoms with van der Waals surface area (Å²) < 4.78 is 2.46. The molecule has 0 aliphatic heterocycles. The molecule has 1 aliphatic carbocycles. The van der Waals surface area contributed by atoms with E-state index in [9.17, 15) is 0 Å². The van der Waals surface area contributed by atoms with E-state index in [2.05, 4.69) is 188 Å². The second-order valence-corrected chi connectivity index (χ2v) is 15.7. The van der Waals surface area contributed by atoms with Crippen molar-refractivity contribution in [1.29, 1.82) is 0 Å².